The van der Waals surface area contributed by atoms with Crippen LogP contribution in [0.5, 0.6) is 0 Å². The molecule has 29 heavy (non-hydrogen) atoms. The van der Waals surface area contributed by atoms with Crippen LogP contribution in [0.1, 0.15) is 90.9 Å². The van der Waals surface area contributed by atoms with Crippen LogP contribution < -0.4 is 0 Å². The molecule has 5 heteroatoms. The second-order valence-corrected chi connectivity index (χ2v) is 7.98. The van der Waals surface area contributed by atoms with Crippen LogP contribution in [0.4, 0.5) is 0 Å². The van der Waals surface area contributed by atoms with Crippen LogP contribution in [0, 0.1) is 0 Å². The number of hydrogen-bond acceptors (Lipinski definition) is 4. The average Bonchev–Trinajstić information content (AvgIpc) is 2.73. The zero-order chi connectivity index (χ0) is 21.4. The number of carbonyl (C=O) groups excluding carboxylic acids is 1. The topological polar surface area (TPSA) is 44.8 Å². The van der Waals surface area contributed by atoms with Gasteiger partial charge in [-0.05, 0) is 25.7 Å². The Morgan fingerprint density at radius 2 is 1.41 bits per heavy atom. The Kier molecular flexibility index (Phi) is 23.1. The molecule has 0 aliphatic rings. The monoisotopic (exact) mass is 474 g/mol. The third kappa shape index (κ3) is 21.9. The first kappa shape index (κ1) is 28.4. The molecular formula is C24H43BrO4. The number of allylic oxidation sites excluding steroid dienone is 2. The Hall–Kier alpha value is -0.650. The molecule has 0 saturated carbocycles. The zero-order valence-electron chi connectivity index (χ0n) is 18.7. The summed E-state index contributed by atoms with van der Waals surface area (Å²) in [6.45, 7) is 5.90. The van der Waals surface area contributed by atoms with Gasteiger partial charge in [0.15, 0.2) is 6.29 Å². The predicted molar refractivity (Wildman–Crippen MR) is 125 cm³/mol. The van der Waals surface area contributed by atoms with Crippen LogP contribution in [0.25, 0.3) is 0 Å². The van der Waals surface area contributed by atoms with Crippen molar-refractivity contribution in [1.82, 2.24) is 0 Å². The maximum Gasteiger partial charge on any atom is 0.305 e. The first-order chi connectivity index (χ1) is 14.2. The maximum atomic E-state index is 12.0. The van der Waals surface area contributed by atoms with Crippen molar-refractivity contribution in [1.29, 1.82) is 0 Å². The van der Waals surface area contributed by atoms with Crippen molar-refractivity contribution in [2.24, 2.45) is 0 Å². The van der Waals surface area contributed by atoms with Crippen molar-refractivity contribution in [3.05, 3.63) is 24.3 Å². The lowest BCUT2D eigenvalue weighted by Crippen LogP contribution is -2.20. The Balaban J connectivity index is 4.11. The predicted octanol–water partition coefficient (Wildman–Crippen LogP) is 7.12. The molecule has 0 radical (unpaired) electrons. The van der Waals surface area contributed by atoms with Crippen LogP contribution in [0.3, 0.4) is 0 Å². The highest BCUT2D eigenvalue weighted by atomic mass is 79.9. The highest BCUT2D eigenvalue weighted by Crippen LogP contribution is 2.08. The summed E-state index contributed by atoms with van der Waals surface area (Å²) in [6, 6.07) is 0. The second-order valence-electron chi connectivity index (χ2n) is 7.19. The van der Waals surface area contributed by atoms with E-state index >= 15 is 0 Å². The van der Waals surface area contributed by atoms with Gasteiger partial charge in [0, 0.05) is 11.8 Å². The molecule has 0 aliphatic heterocycles. The van der Waals surface area contributed by atoms with Crippen molar-refractivity contribution in [2.75, 3.05) is 25.2 Å². The van der Waals surface area contributed by atoms with Gasteiger partial charge in [-0.25, -0.2) is 0 Å². The van der Waals surface area contributed by atoms with E-state index in [9.17, 15) is 4.79 Å². The van der Waals surface area contributed by atoms with Crippen molar-refractivity contribution >= 4 is 21.9 Å². The van der Waals surface area contributed by atoms with E-state index in [1.165, 1.54) is 38.5 Å². The summed E-state index contributed by atoms with van der Waals surface area (Å²) < 4.78 is 17.0. The summed E-state index contributed by atoms with van der Waals surface area (Å²) in [6.07, 6.45) is 20.1. The molecule has 0 aliphatic carbocycles. The Morgan fingerprint density at radius 1 is 0.828 bits per heavy atom. The molecular weight excluding hydrogens is 432 g/mol. The normalized spacial score (nSPS) is 11.9. The molecule has 0 heterocycles. The fourth-order valence-corrected chi connectivity index (χ4v) is 3.00. The van der Waals surface area contributed by atoms with Crippen LogP contribution in [0.15, 0.2) is 24.3 Å². The molecule has 0 fully saturated rings. The summed E-state index contributed by atoms with van der Waals surface area (Å²) in [5.74, 6) is -0.167. The smallest absolute Gasteiger partial charge is 0.305 e. The van der Waals surface area contributed by atoms with Gasteiger partial charge >= 0.3 is 5.97 Å². The van der Waals surface area contributed by atoms with E-state index in [-0.39, 0.29) is 12.3 Å². The number of esters is 1. The minimum absolute atomic E-state index is 0.167. The van der Waals surface area contributed by atoms with Crippen molar-refractivity contribution in [3.63, 3.8) is 0 Å². The average molecular weight is 476 g/mol. The highest BCUT2D eigenvalue weighted by molar-refractivity contribution is 9.09. The summed E-state index contributed by atoms with van der Waals surface area (Å²) in [7, 11) is 0. The van der Waals surface area contributed by atoms with E-state index < -0.39 is 0 Å². The fraction of sp³-hybridized carbons (Fsp3) is 0.792. The summed E-state index contributed by atoms with van der Waals surface area (Å²) in [5, 5.41) is 1.04. The van der Waals surface area contributed by atoms with Gasteiger partial charge in [0.1, 0.15) is 0 Å². The fourth-order valence-electron chi connectivity index (χ4n) is 2.60. The number of alkyl halides is 1. The molecule has 0 saturated heterocycles. The van der Waals surface area contributed by atoms with Gasteiger partial charge in [-0.1, -0.05) is 92.6 Å². The Morgan fingerprint density at radius 3 is 1.97 bits per heavy atom. The maximum absolute atomic E-state index is 12.0. The van der Waals surface area contributed by atoms with Crippen LogP contribution in [-0.2, 0) is 19.0 Å². The van der Waals surface area contributed by atoms with Gasteiger partial charge in [0.25, 0.3) is 0 Å². The van der Waals surface area contributed by atoms with E-state index in [1.807, 2.05) is 12.2 Å². The first-order valence-electron chi connectivity index (χ1n) is 11.5. The SMILES string of the molecule is CCCC/C=C/COC(CCC(=O)OCCCCCCBr)OC/C=C/CCCC. The molecule has 0 atom stereocenters. The lowest BCUT2D eigenvalue weighted by Gasteiger charge is -2.16. The minimum atomic E-state index is -0.381. The molecule has 0 unspecified atom stereocenters. The van der Waals surface area contributed by atoms with Gasteiger partial charge in [-0.2, -0.15) is 0 Å². The summed E-state index contributed by atoms with van der Waals surface area (Å²) >= 11 is 3.43. The van der Waals surface area contributed by atoms with Gasteiger partial charge in [-0.15, -0.1) is 0 Å². The lowest BCUT2D eigenvalue weighted by molar-refractivity contribution is -0.153. The van der Waals surface area contributed by atoms with Crippen LogP contribution in [0.2, 0.25) is 0 Å². The van der Waals surface area contributed by atoms with Gasteiger partial charge in [0.2, 0.25) is 0 Å². The second kappa shape index (κ2) is 23.6. The Bertz CT molecular complexity index is 388. The van der Waals surface area contributed by atoms with E-state index in [0.29, 0.717) is 32.7 Å². The van der Waals surface area contributed by atoms with Gasteiger partial charge < -0.3 is 14.2 Å². The third-order valence-corrected chi connectivity index (χ3v) is 4.97. The number of ether oxygens (including phenoxy) is 3. The van der Waals surface area contributed by atoms with E-state index in [1.54, 1.807) is 0 Å². The molecule has 0 rings (SSSR count). The number of unbranched alkanes of at least 4 members (excludes halogenated alkanes) is 7. The minimum Gasteiger partial charge on any atom is -0.466 e. The molecule has 0 bridgehead atoms. The largest absolute Gasteiger partial charge is 0.466 e. The molecule has 0 spiro atoms. The molecule has 0 aromatic carbocycles. The zero-order valence-corrected chi connectivity index (χ0v) is 20.3. The van der Waals surface area contributed by atoms with Crippen molar-refractivity contribution in [2.45, 2.75) is 97.2 Å². The van der Waals surface area contributed by atoms with E-state index in [0.717, 1.165) is 31.0 Å². The summed E-state index contributed by atoms with van der Waals surface area (Å²) in [4.78, 5) is 12.0. The first-order valence-corrected chi connectivity index (χ1v) is 12.6. The molecule has 170 valence electrons. The lowest BCUT2D eigenvalue weighted by atomic mass is 10.2. The highest BCUT2D eigenvalue weighted by Gasteiger charge is 2.12. The summed E-state index contributed by atoms with van der Waals surface area (Å²) in [5.41, 5.74) is 0. The molecule has 0 amide bonds. The van der Waals surface area contributed by atoms with Crippen LogP contribution >= 0.6 is 15.9 Å². The Labute approximate surface area is 187 Å². The number of rotatable bonds is 21. The quantitative estimate of drug-likeness (QED) is 0.0583. The third-order valence-electron chi connectivity index (χ3n) is 4.41. The van der Waals surface area contributed by atoms with Crippen LogP contribution in [-0.4, -0.2) is 37.4 Å². The number of hydrogen-bond donors (Lipinski definition) is 0. The molecule has 0 aromatic rings. The molecule has 4 nitrogen and oxygen atoms in total. The van der Waals surface area contributed by atoms with E-state index in [4.69, 9.17) is 14.2 Å². The molecule has 0 aromatic heterocycles. The van der Waals surface area contributed by atoms with Gasteiger partial charge in [-0.3, -0.25) is 4.79 Å². The standard InChI is InChI=1S/C24H43BrO4/c1-3-5-7-10-15-21-28-24(29-22-16-11-8-6-4-2)18-17-23(26)27-20-14-12-9-13-19-25/h10-11,15-16,24H,3-9,12-14,17-22H2,1-2H3/b15-10+,16-11+. The van der Waals surface area contributed by atoms with Gasteiger partial charge in [0.05, 0.1) is 26.2 Å². The van der Waals surface area contributed by atoms with Crippen molar-refractivity contribution < 1.29 is 19.0 Å². The van der Waals surface area contributed by atoms with Crippen molar-refractivity contribution in [3.8, 4) is 0 Å². The number of carbonyl (C=O) groups is 1. The number of halogens is 1. The van der Waals surface area contributed by atoms with E-state index in [2.05, 4.69) is 41.9 Å². The molecule has 0 N–H and O–H groups in total.